The number of aromatic nitrogens is 3. The lowest BCUT2D eigenvalue weighted by atomic mass is 10.2. The molecule has 0 atom stereocenters. The molecule has 0 saturated heterocycles. The van der Waals surface area contributed by atoms with Crippen molar-refractivity contribution in [1.82, 2.24) is 20.1 Å². The number of carbonyl (C=O) groups excluding carboxylic acids is 1. The first-order valence-electron chi connectivity index (χ1n) is 7.40. The lowest BCUT2D eigenvalue weighted by molar-refractivity contribution is 0.0954. The number of rotatable bonds is 5. The second kappa shape index (κ2) is 6.75. The van der Waals surface area contributed by atoms with Crippen LogP contribution in [0.5, 0.6) is 0 Å². The van der Waals surface area contributed by atoms with Crippen LogP contribution >= 0.6 is 11.3 Å². The zero-order valence-electron chi connectivity index (χ0n) is 13.1. The third-order valence-corrected chi connectivity index (χ3v) is 4.42. The molecule has 0 aliphatic rings. The van der Waals surface area contributed by atoms with Crippen molar-refractivity contribution in [2.24, 2.45) is 7.05 Å². The van der Waals surface area contributed by atoms with E-state index in [1.54, 1.807) is 35.5 Å². The van der Waals surface area contributed by atoms with Crippen molar-refractivity contribution in [1.29, 1.82) is 0 Å². The lowest BCUT2D eigenvalue weighted by Gasteiger charge is -2.01. The van der Waals surface area contributed by atoms with Crippen molar-refractivity contribution in [2.45, 2.75) is 13.3 Å². The predicted octanol–water partition coefficient (Wildman–Crippen LogP) is 2.82. The predicted molar refractivity (Wildman–Crippen MR) is 91.5 cm³/mol. The summed E-state index contributed by atoms with van der Waals surface area (Å²) in [4.78, 5) is 16.6. The summed E-state index contributed by atoms with van der Waals surface area (Å²) in [6.07, 6.45) is 3.98. The van der Waals surface area contributed by atoms with Crippen LogP contribution in [0.15, 0.2) is 42.0 Å². The summed E-state index contributed by atoms with van der Waals surface area (Å²) in [7, 11) is 1.79. The van der Waals surface area contributed by atoms with Gasteiger partial charge in [-0.25, -0.2) is 4.98 Å². The number of carbonyl (C=O) groups is 1. The maximum atomic E-state index is 11.9. The Morgan fingerprint density at radius 1 is 1.30 bits per heavy atom. The molecule has 5 nitrogen and oxygen atoms in total. The molecule has 6 heteroatoms. The quantitative estimate of drug-likeness (QED) is 0.784. The topological polar surface area (TPSA) is 59.8 Å². The highest BCUT2D eigenvalue weighted by molar-refractivity contribution is 7.13. The molecule has 0 spiro atoms. The standard InChI is InChI=1S/C17H18N4OS/c1-12-3-5-13(6-4-12)17-20-15(11-23-17)7-8-18-16(22)14-9-19-21(2)10-14/h3-6,9-11H,7-8H2,1-2H3,(H,18,22). The van der Waals surface area contributed by atoms with Gasteiger partial charge in [-0.2, -0.15) is 5.10 Å². The van der Waals surface area contributed by atoms with Crippen LogP contribution in [-0.4, -0.2) is 27.2 Å². The van der Waals surface area contributed by atoms with Crippen LogP contribution in [0.3, 0.4) is 0 Å². The Labute approximate surface area is 139 Å². The van der Waals surface area contributed by atoms with Gasteiger partial charge in [-0.15, -0.1) is 11.3 Å². The number of nitrogens with one attached hydrogen (secondary N) is 1. The van der Waals surface area contributed by atoms with E-state index in [-0.39, 0.29) is 5.91 Å². The number of thiazole rings is 1. The van der Waals surface area contributed by atoms with Crippen molar-refractivity contribution in [3.8, 4) is 10.6 Å². The maximum Gasteiger partial charge on any atom is 0.254 e. The van der Waals surface area contributed by atoms with Gasteiger partial charge in [0.1, 0.15) is 5.01 Å². The van der Waals surface area contributed by atoms with Crippen LogP contribution in [0.25, 0.3) is 10.6 Å². The number of aryl methyl sites for hydroxylation is 2. The Hall–Kier alpha value is -2.47. The van der Waals surface area contributed by atoms with Crippen LogP contribution in [-0.2, 0) is 13.5 Å². The minimum absolute atomic E-state index is 0.105. The van der Waals surface area contributed by atoms with E-state index in [0.717, 1.165) is 16.3 Å². The van der Waals surface area contributed by atoms with Gasteiger partial charge < -0.3 is 5.32 Å². The van der Waals surface area contributed by atoms with E-state index in [1.807, 2.05) is 5.38 Å². The maximum absolute atomic E-state index is 11.9. The first-order chi connectivity index (χ1) is 11.1. The lowest BCUT2D eigenvalue weighted by Crippen LogP contribution is -2.25. The smallest absolute Gasteiger partial charge is 0.254 e. The van der Waals surface area contributed by atoms with Gasteiger partial charge >= 0.3 is 0 Å². The van der Waals surface area contributed by atoms with E-state index in [2.05, 4.69) is 46.6 Å². The van der Waals surface area contributed by atoms with Crippen molar-refractivity contribution < 1.29 is 4.79 Å². The summed E-state index contributed by atoms with van der Waals surface area (Å²) < 4.78 is 1.61. The van der Waals surface area contributed by atoms with Crippen molar-refractivity contribution in [2.75, 3.05) is 6.54 Å². The number of nitrogens with zero attached hydrogens (tertiary/aromatic N) is 3. The fourth-order valence-corrected chi connectivity index (χ4v) is 3.06. The molecule has 1 amide bonds. The highest BCUT2D eigenvalue weighted by atomic mass is 32.1. The minimum Gasteiger partial charge on any atom is -0.352 e. The largest absolute Gasteiger partial charge is 0.352 e. The molecule has 0 bridgehead atoms. The van der Waals surface area contributed by atoms with Gasteiger partial charge in [0.25, 0.3) is 5.91 Å². The zero-order valence-corrected chi connectivity index (χ0v) is 13.9. The second-order valence-electron chi connectivity index (χ2n) is 5.42. The Morgan fingerprint density at radius 3 is 2.78 bits per heavy atom. The Balaban J connectivity index is 1.55. The van der Waals surface area contributed by atoms with Gasteiger partial charge in [0.2, 0.25) is 0 Å². The molecule has 0 unspecified atom stereocenters. The molecule has 2 heterocycles. The third kappa shape index (κ3) is 3.84. The van der Waals surface area contributed by atoms with Gasteiger partial charge in [-0.05, 0) is 6.92 Å². The summed E-state index contributed by atoms with van der Waals surface area (Å²) in [6.45, 7) is 2.63. The summed E-state index contributed by atoms with van der Waals surface area (Å²) in [6, 6.07) is 8.35. The highest BCUT2D eigenvalue weighted by Crippen LogP contribution is 2.24. The molecule has 0 aliphatic heterocycles. The monoisotopic (exact) mass is 326 g/mol. The third-order valence-electron chi connectivity index (χ3n) is 3.48. The minimum atomic E-state index is -0.105. The fraction of sp³-hybridized carbons (Fsp3) is 0.235. The molecule has 1 N–H and O–H groups in total. The summed E-state index contributed by atoms with van der Waals surface area (Å²) in [5, 5.41) is 9.94. The number of hydrogen-bond donors (Lipinski definition) is 1. The molecule has 1 aromatic carbocycles. The van der Waals surface area contributed by atoms with Crippen molar-refractivity contribution in [3.05, 3.63) is 58.9 Å². The normalized spacial score (nSPS) is 10.7. The van der Waals surface area contributed by atoms with E-state index in [0.29, 0.717) is 18.5 Å². The number of benzene rings is 1. The van der Waals surface area contributed by atoms with Crippen LogP contribution in [0.4, 0.5) is 0 Å². The molecule has 23 heavy (non-hydrogen) atoms. The average molecular weight is 326 g/mol. The van der Waals surface area contributed by atoms with Gasteiger partial charge in [0, 0.05) is 37.2 Å². The second-order valence-corrected chi connectivity index (χ2v) is 6.28. The Bertz CT molecular complexity index is 804. The number of amides is 1. The fourth-order valence-electron chi connectivity index (χ4n) is 2.20. The Kier molecular flexibility index (Phi) is 4.52. The SMILES string of the molecule is Cc1ccc(-c2nc(CCNC(=O)c3cnn(C)c3)cs2)cc1. The summed E-state index contributed by atoms with van der Waals surface area (Å²) in [5.74, 6) is -0.105. The first kappa shape index (κ1) is 15.4. The van der Waals surface area contributed by atoms with E-state index >= 15 is 0 Å². The van der Waals surface area contributed by atoms with Crippen molar-refractivity contribution in [3.63, 3.8) is 0 Å². The van der Waals surface area contributed by atoms with Crippen molar-refractivity contribution >= 4 is 17.2 Å². The Morgan fingerprint density at radius 2 is 2.09 bits per heavy atom. The number of hydrogen-bond acceptors (Lipinski definition) is 4. The first-order valence-corrected chi connectivity index (χ1v) is 8.28. The van der Waals surface area contributed by atoms with Gasteiger partial charge in [-0.1, -0.05) is 29.8 Å². The molecule has 0 aliphatic carbocycles. The molecule has 0 radical (unpaired) electrons. The zero-order chi connectivity index (χ0) is 16.2. The molecule has 2 aromatic heterocycles. The van der Waals surface area contributed by atoms with E-state index < -0.39 is 0 Å². The molecule has 3 rings (SSSR count). The molecular weight excluding hydrogens is 308 g/mol. The average Bonchev–Trinajstić information content (AvgIpc) is 3.17. The molecule has 0 fully saturated rings. The molecule has 0 saturated carbocycles. The summed E-state index contributed by atoms with van der Waals surface area (Å²) >= 11 is 1.63. The van der Waals surface area contributed by atoms with E-state index in [1.165, 1.54) is 5.56 Å². The van der Waals surface area contributed by atoms with Gasteiger partial charge in [-0.3, -0.25) is 9.48 Å². The van der Waals surface area contributed by atoms with Crippen LogP contribution in [0, 0.1) is 6.92 Å². The van der Waals surface area contributed by atoms with E-state index in [9.17, 15) is 4.79 Å². The van der Waals surface area contributed by atoms with Crippen LogP contribution in [0.2, 0.25) is 0 Å². The summed E-state index contributed by atoms with van der Waals surface area (Å²) in [5.41, 5.74) is 3.94. The highest BCUT2D eigenvalue weighted by Gasteiger charge is 2.08. The molecule has 118 valence electrons. The van der Waals surface area contributed by atoms with Gasteiger partial charge in [0.15, 0.2) is 0 Å². The van der Waals surface area contributed by atoms with Crippen LogP contribution < -0.4 is 5.32 Å². The van der Waals surface area contributed by atoms with Gasteiger partial charge in [0.05, 0.1) is 17.5 Å². The van der Waals surface area contributed by atoms with E-state index in [4.69, 9.17) is 0 Å². The molecular formula is C17H18N4OS. The van der Waals surface area contributed by atoms with Crippen LogP contribution in [0.1, 0.15) is 21.6 Å². The molecule has 3 aromatic rings.